The van der Waals surface area contributed by atoms with Crippen molar-refractivity contribution in [1.82, 2.24) is 15.3 Å². The van der Waals surface area contributed by atoms with Crippen molar-refractivity contribution in [1.29, 1.82) is 0 Å². The Morgan fingerprint density at radius 2 is 1.48 bits per heavy atom. The van der Waals surface area contributed by atoms with Crippen molar-refractivity contribution in [3.05, 3.63) is 101 Å². The molecule has 0 unspecified atom stereocenters. The second-order valence-electron chi connectivity index (χ2n) is 12.2. The number of aliphatic hydroxyl groups is 1. The van der Waals surface area contributed by atoms with E-state index in [9.17, 15) is 14.7 Å². The maximum absolute atomic E-state index is 12.6. The number of aliphatic hydroxyl groups excluding tert-OH is 1. The summed E-state index contributed by atoms with van der Waals surface area (Å²) in [4.78, 5) is 28.8. The number of amides is 2. The largest absolute Gasteiger partial charge is 0.392 e. The molecule has 10 nitrogen and oxygen atoms in total. The molecule has 0 spiro atoms. The van der Waals surface area contributed by atoms with Gasteiger partial charge in [-0.2, -0.15) is 0 Å². The Labute approximate surface area is 271 Å². The molecule has 0 saturated carbocycles. The van der Waals surface area contributed by atoms with Gasteiger partial charge in [-0.1, -0.05) is 73.2 Å². The molecule has 3 atom stereocenters. The number of anilines is 1. The minimum absolute atomic E-state index is 0.00417. The predicted molar refractivity (Wildman–Crippen MR) is 175 cm³/mol. The standard InChI is InChI=1S/C36H46N4O6/c41-26-28-14-16-29(17-15-28)33-23-32(25-40-20-18-39(19-21-40)24-27-8-3-1-4-9-27)45-36(46-33)30-10-7-11-31(22-30)37-34(42)12-5-2-6-13-35(43)38-44/h1,3-4,7-11,14-17,22,32-33,36,41,44H,2,5-6,12-13,18-21,23-26H2,(H,37,42)(H,38,43)/t32-,33+,36+/m1/s1. The van der Waals surface area contributed by atoms with E-state index < -0.39 is 12.2 Å². The number of rotatable bonds is 14. The summed E-state index contributed by atoms with van der Waals surface area (Å²) in [7, 11) is 0. The van der Waals surface area contributed by atoms with Gasteiger partial charge in [0, 0.05) is 69.8 Å². The Morgan fingerprint density at radius 1 is 0.761 bits per heavy atom. The van der Waals surface area contributed by atoms with Gasteiger partial charge in [-0.05, 0) is 41.7 Å². The number of hydroxylamine groups is 1. The monoisotopic (exact) mass is 630 g/mol. The van der Waals surface area contributed by atoms with Gasteiger partial charge < -0.3 is 19.9 Å². The highest BCUT2D eigenvalue weighted by Crippen LogP contribution is 2.38. The molecule has 0 bridgehead atoms. The number of benzene rings is 3. The number of carbonyl (C=O) groups excluding carboxylic acids is 2. The van der Waals surface area contributed by atoms with Crippen molar-refractivity contribution in [2.45, 2.75) is 70.2 Å². The van der Waals surface area contributed by atoms with Crippen LogP contribution in [0.3, 0.4) is 0 Å². The highest BCUT2D eigenvalue weighted by atomic mass is 16.7. The van der Waals surface area contributed by atoms with Crippen LogP contribution in [0.5, 0.6) is 0 Å². The Morgan fingerprint density at radius 3 is 2.20 bits per heavy atom. The van der Waals surface area contributed by atoms with Gasteiger partial charge in [0.2, 0.25) is 11.8 Å². The van der Waals surface area contributed by atoms with E-state index in [2.05, 4.69) is 45.4 Å². The zero-order valence-electron chi connectivity index (χ0n) is 26.4. The molecule has 10 heteroatoms. The smallest absolute Gasteiger partial charge is 0.243 e. The first-order chi connectivity index (χ1) is 22.5. The van der Waals surface area contributed by atoms with Gasteiger partial charge >= 0.3 is 0 Å². The van der Waals surface area contributed by atoms with Crippen molar-refractivity contribution < 1.29 is 29.4 Å². The predicted octanol–water partition coefficient (Wildman–Crippen LogP) is 4.94. The van der Waals surface area contributed by atoms with Crippen molar-refractivity contribution in [2.75, 3.05) is 38.0 Å². The number of piperazine rings is 1. The molecule has 2 aliphatic heterocycles. The van der Waals surface area contributed by atoms with Crippen LogP contribution in [0.4, 0.5) is 5.69 Å². The van der Waals surface area contributed by atoms with E-state index in [1.54, 1.807) is 5.48 Å². The SMILES string of the molecule is O=C(CCCCCC(=O)Nc1cccc([C@H]2O[C@@H](CN3CCN(Cc4ccccc4)CC3)C[C@@H](c3ccc(CO)cc3)O2)c1)NO. The van der Waals surface area contributed by atoms with Crippen LogP contribution in [-0.4, -0.2) is 70.8 Å². The van der Waals surface area contributed by atoms with Crippen molar-refractivity contribution in [3.8, 4) is 0 Å². The second-order valence-corrected chi connectivity index (χ2v) is 12.2. The molecular formula is C36H46N4O6. The molecule has 0 radical (unpaired) electrons. The highest BCUT2D eigenvalue weighted by Gasteiger charge is 2.34. The summed E-state index contributed by atoms with van der Waals surface area (Å²) in [6, 6.07) is 26.1. The van der Waals surface area contributed by atoms with Crippen LogP contribution in [0.15, 0.2) is 78.9 Å². The lowest BCUT2D eigenvalue weighted by Crippen LogP contribution is -2.49. The van der Waals surface area contributed by atoms with Crippen LogP contribution in [-0.2, 0) is 32.2 Å². The maximum Gasteiger partial charge on any atom is 0.243 e. The lowest BCUT2D eigenvalue weighted by atomic mass is 9.99. The van der Waals surface area contributed by atoms with Crippen molar-refractivity contribution in [3.63, 3.8) is 0 Å². The minimum Gasteiger partial charge on any atom is -0.392 e. The Kier molecular flexibility index (Phi) is 12.7. The third-order valence-electron chi connectivity index (χ3n) is 8.67. The fourth-order valence-electron chi connectivity index (χ4n) is 6.08. The van der Waals surface area contributed by atoms with Crippen LogP contribution < -0.4 is 10.8 Å². The molecule has 2 heterocycles. The number of hydrogen-bond acceptors (Lipinski definition) is 8. The molecule has 2 saturated heterocycles. The van der Waals surface area contributed by atoms with E-state index in [1.165, 1.54) is 5.56 Å². The van der Waals surface area contributed by atoms with E-state index in [0.29, 0.717) is 24.9 Å². The van der Waals surface area contributed by atoms with E-state index in [1.807, 2.05) is 48.5 Å². The number of carbonyl (C=O) groups is 2. The summed E-state index contributed by atoms with van der Waals surface area (Å²) in [6.45, 7) is 5.73. The average Bonchev–Trinajstić information content (AvgIpc) is 3.09. The third kappa shape index (κ3) is 10.2. The lowest BCUT2D eigenvalue weighted by molar-refractivity contribution is -0.253. The van der Waals surface area contributed by atoms with E-state index in [-0.39, 0.29) is 31.1 Å². The van der Waals surface area contributed by atoms with Gasteiger partial charge in [0.1, 0.15) is 0 Å². The van der Waals surface area contributed by atoms with Crippen LogP contribution in [0.2, 0.25) is 0 Å². The lowest BCUT2D eigenvalue weighted by Gasteiger charge is -2.41. The highest BCUT2D eigenvalue weighted by molar-refractivity contribution is 5.90. The normalized spacial score (nSPS) is 20.7. The number of nitrogens with one attached hydrogen (secondary N) is 2. The molecule has 46 heavy (non-hydrogen) atoms. The van der Waals surface area contributed by atoms with Gasteiger partial charge in [0.05, 0.1) is 18.8 Å². The van der Waals surface area contributed by atoms with Gasteiger partial charge in [0.15, 0.2) is 6.29 Å². The van der Waals surface area contributed by atoms with Crippen LogP contribution in [0.25, 0.3) is 0 Å². The summed E-state index contributed by atoms with van der Waals surface area (Å²) in [5.74, 6) is -0.512. The first-order valence-corrected chi connectivity index (χ1v) is 16.3. The molecule has 2 fully saturated rings. The number of ether oxygens (including phenoxy) is 2. The number of nitrogens with zero attached hydrogens (tertiary/aromatic N) is 2. The third-order valence-corrected chi connectivity index (χ3v) is 8.67. The summed E-state index contributed by atoms with van der Waals surface area (Å²) in [6.07, 6.45) is 2.45. The molecule has 3 aromatic rings. The van der Waals surface area contributed by atoms with Crippen molar-refractivity contribution >= 4 is 17.5 Å². The van der Waals surface area contributed by atoms with Gasteiger partial charge in [-0.3, -0.25) is 24.6 Å². The Hall–Kier alpha value is -3.64. The first kappa shape index (κ1) is 33.7. The number of unbranched alkanes of at least 4 members (excludes halogenated alkanes) is 2. The van der Waals surface area contributed by atoms with Crippen LogP contribution in [0.1, 0.15) is 73.2 Å². The Bertz CT molecular complexity index is 1380. The Balaban J connectivity index is 1.20. The van der Waals surface area contributed by atoms with Crippen LogP contribution in [0, 0.1) is 0 Å². The zero-order chi connectivity index (χ0) is 32.1. The maximum atomic E-state index is 12.6. The molecule has 0 aliphatic carbocycles. The summed E-state index contributed by atoms with van der Waals surface area (Å²) in [5, 5.41) is 21.1. The summed E-state index contributed by atoms with van der Waals surface area (Å²) >= 11 is 0. The quantitative estimate of drug-likeness (QED) is 0.112. The van der Waals surface area contributed by atoms with E-state index in [0.717, 1.165) is 68.8 Å². The molecule has 2 aliphatic rings. The average molecular weight is 631 g/mol. The molecule has 3 aromatic carbocycles. The zero-order valence-corrected chi connectivity index (χ0v) is 26.4. The molecule has 0 aromatic heterocycles. The first-order valence-electron chi connectivity index (χ1n) is 16.3. The second kappa shape index (κ2) is 17.3. The fourth-order valence-corrected chi connectivity index (χ4v) is 6.08. The molecule has 2 amide bonds. The van der Waals surface area contributed by atoms with E-state index in [4.69, 9.17) is 14.7 Å². The van der Waals surface area contributed by atoms with Crippen molar-refractivity contribution in [2.24, 2.45) is 0 Å². The van der Waals surface area contributed by atoms with Gasteiger partial charge in [0.25, 0.3) is 0 Å². The minimum atomic E-state index is -0.602. The van der Waals surface area contributed by atoms with Gasteiger partial charge in [-0.25, -0.2) is 5.48 Å². The van der Waals surface area contributed by atoms with Gasteiger partial charge in [-0.15, -0.1) is 0 Å². The molecule has 5 rings (SSSR count). The molecule has 4 N–H and O–H groups in total. The van der Waals surface area contributed by atoms with Crippen LogP contribution >= 0.6 is 0 Å². The topological polar surface area (TPSA) is 124 Å². The fraction of sp³-hybridized carbons (Fsp3) is 0.444. The summed E-state index contributed by atoms with van der Waals surface area (Å²) < 4.78 is 13.1. The molecular weight excluding hydrogens is 584 g/mol. The number of hydrogen-bond donors (Lipinski definition) is 4. The molecule has 246 valence electrons. The summed E-state index contributed by atoms with van der Waals surface area (Å²) in [5.41, 5.74) is 6.38. The van der Waals surface area contributed by atoms with E-state index >= 15 is 0 Å².